The molecule has 91 heavy (non-hydrogen) atoms. The minimum atomic E-state index is -0.378. The Kier molecular flexibility index (Phi) is 37.3. The summed E-state index contributed by atoms with van der Waals surface area (Å²) < 4.78 is 15.5. The van der Waals surface area contributed by atoms with Crippen LogP contribution in [0.5, 0.6) is 0 Å². The molecule has 23 heteroatoms. The van der Waals surface area contributed by atoms with Crippen LogP contribution in [-0.2, 0) is 77.0 Å². The first-order valence-corrected chi connectivity index (χ1v) is 33.1. The molecule has 2 aliphatic heterocycles. The number of ketones is 3. The van der Waals surface area contributed by atoms with Crippen LogP contribution in [0, 0.1) is 0 Å². The highest BCUT2D eigenvalue weighted by Crippen LogP contribution is 2.33. The number of urea groups is 1. The number of ether oxygens (including phenoxy) is 3. The standard InChI is InChI=1S/C38H59N5O7S.C30H42N4O6/c1-29(44)25-43(26-30-15-7-5-8-16-30)36(48)27-42(23-24-50-2)35(47)21-11-4-3-9-17-31(45)18-10-6-14-22-39-34(46)20-13-12-19-33-37-32(28-51-33)40-38(49)41-37;1-25(35)19-33(20-26-11-7-5-8-12-26)30(38)23-32(16-18-40-4)29(37)24-34(21-27-13-9-6-10-14-27)28(36)22-31(2)15-17-39-3/h5,7-8,15-16,32-33,37H,3-4,6,9-14,17-28H2,1-2H3,(H,39,46)(H2,40,41,49);5-14H,15-24H2,1-4H3/t32-,33?,37-;/m1./s1. The van der Waals surface area contributed by atoms with Crippen molar-refractivity contribution in [2.45, 2.75) is 141 Å². The first kappa shape index (κ1) is 76.4. The van der Waals surface area contributed by atoms with E-state index < -0.39 is 0 Å². The maximum Gasteiger partial charge on any atom is 0.315 e. The quantitative estimate of drug-likeness (QED) is 0.0428. The van der Waals surface area contributed by atoms with Gasteiger partial charge in [-0.2, -0.15) is 11.8 Å². The molecule has 1 unspecified atom stereocenters. The monoisotopic (exact) mass is 1280 g/mol. The Hall–Kier alpha value is -7.05. The van der Waals surface area contributed by atoms with Gasteiger partial charge < -0.3 is 54.7 Å². The summed E-state index contributed by atoms with van der Waals surface area (Å²) in [5, 5.41) is 9.38. The van der Waals surface area contributed by atoms with Gasteiger partial charge in [0.05, 0.1) is 64.6 Å². The number of fused-ring (bicyclic) bond motifs is 1. The van der Waals surface area contributed by atoms with E-state index >= 15 is 0 Å². The Bertz CT molecular complexity index is 2700. The van der Waals surface area contributed by atoms with E-state index in [4.69, 9.17) is 14.2 Å². The largest absolute Gasteiger partial charge is 0.383 e. The summed E-state index contributed by atoms with van der Waals surface area (Å²) in [5.41, 5.74) is 2.68. The summed E-state index contributed by atoms with van der Waals surface area (Å²) >= 11 is 1.90. The highest BCUT2D eigenvalue weighted by molar-refractivity contribution is 8.00. The number of carbonyl (C=O) groups excluding carboxylic acids is 10. The SMILES string of the molecule is COCCN(C)CC(=O)N(CC(=O)N(CCOC)CC(=O)N(CC(C)=O)Cc1ccccc1)Cc1ccccc1.COCCN(CC(=O)N(CC(C)=O)Cc1ccccc1)C(=O)CCCCCCC(=O)CCCCCNC(=O)CCCCC1SC[C@H]2NC(=O)N[C@@H]12. The van der Waals surface area contributed by atoms with Gasteiger partial charge in [0.1, 0.15) is 23.9 Å². The fourth-order valence-electron chi connectivity index (χ4n) is 10.5. The van der Waals surface area contributed by atoms with E-state index in [0.29, 0.717) is 76.7 Å². The number of unbranched alkanes of at least 4 members (excludes halogenated alkanes) is 6. The van der Waals surface area contributed by atoms with E-state index in [1.54, 1.807) is 14.2 Å². The van der Waals surface area contributed by atoms with Gasteiger partial charge in [0.25, 0.3) is 0 Å². The minimum Gasteiger partial charge on any atom is -0.383 e. The second kappa shape index (κ2) is 44.4. The summed E-state index contributed by atoms with van der Waals surface area (Å²) in [5.74, 6) is -0.340. The minimum absolute atomic E-state index is 0.0122. The Balaban J connectivity index is 0.000000400. The topological polar surface area (TPSA) is 254 Å². The number of hydrogen-bond donors (Lipinski definition) is 3. The fourth-order valence-corrected chi connectivity index (χ4v) is 12.1. The van der Waals surface area contributed by atoms with E-state index in [1.165, 1.54) is 45.5 Å². The van der Waals surface area contributed by atoms with E-state index in [1.807, 2.05) is 115 Å². The van der Waals surface area contributed by atoms with Crippen LogP contribution in [-0.4, -0.2) is 225 Å². The maximum atomic E-state index is 13.6. The van der Waals surface area contributed by atoms with Gasteiger partial charge in [-0.05, 0) is 76.1 Å². The van der Waals surface area contributed by atoms with Crippen molar-refractivity contribution >= 4 is 70.6 Å². The first-order valence-electron chi connectivity index (χ1n) is 32.0. The van der Waals surface area contributed by atoms with Crippen LogP contribution in [0.2, 0.25) is 0 Å². The van der Waals surface area contributed by atoms with Gasteiger partial charge in [-0.15, -0.1) is 0 Å². The molecule has 0 aromatic heterocycles. The Labute approximate surface area is 543 Å². The highest BCUT2D eigenvalue weighted by atomic mass is 32.2. The van der Waals surface area contributed by atoms with Crippen molar-refractivity contribution < 1.29 is 62.2 Å². The van der Waals surface area contributed by atoms with Gasteiger partial charge in [0.15, 0.2) is 0 Å². The van der Waals surface area contributed by atoms with Crippen molar-refractivity contribution in [2.24, 2.45) is 0 Å². The van der Waals surface area contributed by atoms with E-state index in [0.717, 1.165) is 80.2 Å². The number of carbonyl (C=O) groups is 10. The fraction of sp³-hybridized carbons (Fsp3) is 0.588. The van der Waals surface area contributed by atoms with Crippen LogP contribution in [0.15, 0.2) is 91.0 Å². The molecule has 0 spiro atoms. The summed E-state index contributed by atoms with van der Waals surface area (Å²) in [6.07, 6.45) is 10.5. The average molecular weight is 1280 g/mol. The van der Waals surface area contributed by atoms with Gasteiger partial charge in [-0.1, -0.05) is 117 Å². The molecule has 2 aliphatic rings. The second-order valence-corrected chi connectivity index (χ2v) is 24.7. The Morgan fingerprint density at radius 3 is 1.40 bits per heavy atom. The molecule has 2 saturated heterocycles. The van der Waals surface area contributed by atoms with Crippen LogP contribution in [0.3, 0.4) is 0 Å². The van der Waals surface area contributed by atoms with Crippen LogP contribution in [0.25, 0.3) is 0 Å². The van der Waals surface area contributed by atoms with Gasteiger partial charge in [0.2, 0.25) is 35.4 Å². The zero-order valence-corrected chi connectivity index (χ0v) is 55.5. The lowest BCUT2D eigenvalue weighted by Crippen LogP contribution is -2.49. The van der Waals surface area contributed by atoms with Crippen LogP contribution >= 0.6 is 11.8 Å². The van der Waals surface area contributed by atoms with E-state index in [2.05, 4.69) is 16.0 Å². The lowest BCUT2D eigenvalue weighted by atomic mass is 10.0. The number of rotatable bonds is 45. The average Bonchev–Trinajstić information content (AvgIpc) is 1.78. The van der Waals surface area contributed by atoms with Crippen LogP contribution in [0.4, 0.5) is 4.79 Å². The Morgan fingerprint density at radius 2 is 0.901 bits per heavy atom. The zero-order chi connectivity index (χ0) is 66.2. The third kappa shape index (κ3) is 31.7. The molecule has 3 N–H and O–H groups in total. The molecular weight excluding hydrogens is 1180 g/mol. The summed E-state index contributed by atoms with van der Waals surface area (Å²) in [7, 11) is 6.49. The third-order valence-corrected chi connectivity index (χ3v) is 17.1. The second-order valence-electron chi connectivity index (χ2n) is 23.4. The molecule has 502 valence electrons. The number of benzene rings is 3. The lowest BCUT2D eigenvalue weighted by molar-refractivity contribution is -0.146. The predicted molar refractivity (Wildman–Crippen MR) is 351 cm³/mol. The Morgan fingerprint density at radius 1 is 0.484 bits per heavy atom. The molecule has 22 nitrogen and oxygen atoms in total. The highest BCUT2D eigenvalue weighted by Gasteiger charge is 2.42. The van der Waals surface area contributed by atoms with Crippen molar-refractivity contribution in [3.63, 3.8) is 0 Å². The molecule has 3 aromatic carbocycles. The third-order valence-electron chi connectivity index (χ3n) is 15.6. The van der Waals surface area contributed by atoms with Crippen molar-refractivity contribution in [3.05, 3.63) is 108 Å². The van der Waals surface area contributed by atoms with Gasteiger partial charge in [0, 0.05) is 104 Å². The van der Waals surface area contributed by atoms with Crippen molar-refractivity contribution in [3.8, 4) is 0 Å². The molecule has 0 aliphatic carbocycles. The van der Waals surface area contributed by atoms with E-state index in [-0.39, 0.29) is 136 Å². The molecule has 2 fully saturated rings. The predicted octanol–water partition coefficient (Wildman–Crippen LogP) is 6.08. The molecular formula is C68H101N9O13S. The van der Waals surface area contributed by atoms with E-state index in [9.17, 15) is 47.9 Å². The van der Waals surface area contributed by atoms with Crippen LogP contribution < -0.4 is 16.0 Å². The number of methoxy groups -OCH3 is 3. The van der Waals surface area contributed by atoms with Crippen LogP contribution in [0.1, 0.15) is 120 Å². The molecule has 2 heterocycles. The van der Waals surface area contributed by atoms with Crippen molar-refractivity contribution in [1.82, 2.24) is 45.3 Å². The van der Waals surface area contributed by atoms with Crippen molar-refractivity contribution in [1.29, 1.82) is 0 Å². The smallest absolute Gasteiger partial charge is 0.315 e. The summed E-state index contributed by atoms with van der Waals surface area (Å²) in [4.78, 5) is 135. The molecule has 5 rings (SSSR count). The first-order chi connectivity index (χ1) is 43.9. The van der Waals surface area contributed by atoms with Gasteiger partial charge >= 0.3 is 6.03 Å². The summed E-state index contributed by atoms with van der Waals surface area (Å²) in [6, 6.07) is 28.7. The number of thioether (sulfide) groups is 1. The number of likely N-dealkylation sites (N-methyl/N-ethyl adjacent to an activating group) is 1. The lowest BCUT2D eigenvalue weighted by Gasteiger charge is -2.30. The number of nitrogens with one attached hydrogen (secondary N) is 3. The summed E-state index contributed by atoms with van der Waals surface area (Å²) in [6.45, 7) is 5.84. The normalized spacial score (nSPS) is 14.7. The number of nitrogens with zero attached hydrogens (tertiary/aromatic N) is 6. The zero-order valence-electron chi connectivity index (χ0n) is 54.7. The maximum absolute atomic E-state index is 13.6. The van der Waals surface area contributed by atoms with Gasteiger partial charge in [-0.3, -0.25) is 48.1 Å². The molecule has 8 amide bonds. The number of hydrogen-bond acceptors (Lipinski definition) is 15. The van der Waals surface area contributed by atoms with Crippen molar-refractivity contribution in [2.75, 3.05) is 119 Å². The molecule has 0 saturated carbocycles. The molecule has 3 aromatic rings. The van der Waals surface area contributed by atoms with Gasteiger partial charge in [-0.25, -0.2) is 4.79 Å². The molecule has 0 bridgehead atoms. The number of Topliss-reactive ketones (excluding diaryl/α,β-unsaturated/α-hetero) is 3. The molecule has 0 radical (unpaired) electrons. The number of amides is 8. The molecule has 3 atom stereocenters.